The zero-order chi connectivity index (χ0) is 13.2. The summed E-state index contributed by atoms with van der Waals surface area (Å²) in [6.45, 7) is 1.93. The number of halogens is 2. The van der Waals surface area contributed by atoms with Gasteiger partial charge in [0.05, 0.1) is 11.1 Å². The van der Waals surface area contributed by atoms with Gasteiger partial charge in [-0.2, -0.15) is 0 Å². The lowest BCUT2D eigenvalue weighted by Crippen LogP contribution is -2.32. The molecule has 0 radical (unpaired) electrons. The van der Waals surface area contributed by atoms with Crippen LogP contribution in [0.15, 0.2) is 22.7 Å². The topological polar surface area (TPSA) is 21.3 Å². The van der Waals surface area contributed by atoms with Crippen molar-refractivity contribution in [1.82, 2.24) is 5.32 Å². The van der Waals surface area contributed by atoms with E-state index in [4.69, 9.17) is 16.3 Å². The highest BCUT2D eigenvalue weighted by molar-refractivity contribution is 9.10. The second kappa shape index (κ2) is 6.13. The summed E-state index contributed by atoms with van der Waals surface area (Å²) in [6.07, 6.45) is 5.29. The summed E-state index contributed by atoms with van der Waals surface area (Å²) in [5.41, 5.74) is 1.23. The summed E-state index contributed by atoms with van der Waals surface area (Å²) in [6, 6.07) is 6.90. The summed E-state index contributed by atoms with van der Waals surface area (Å²) < 4.78 is 6.97. The van der Waals surface area contributed by atoms with Crippen molar-refractivity contribution in [2.45, 2.75) is 37.8 Å². The molecule has 0 aromatic heterocycles. The first kappa shape index (κ1) is 13.9. The number of ether oxygens (including phenoxy) is 1. The largest absolute Gasteiger partial charge is 0.373 e. The molecule has 2 fully saturated rings. The van der Waals surface area contributed by atoms with Crippen LogP contribution in [0.1, 0.15) is 37.4 Å². The quantitative estimate of drug-likeness (QED) is 0.878. The number of benzene rings is 1. The molecule has 3 rings (SSSR count). The molecule has 1 aliphatic carbocycles. The number of rotatable bonds is 4. The molecule has 0 spiro atoms. The molecular weight excluding hydrogens is 326 g/mol. The Balaban J connectivity index is 1.72. The van der Waals surface area contributed by atoms with Crippen LogP contribution in [0.2, 0.25) is 5.02 Å². The predicted molar refractivity (Wildman–Crippen MR) is 81.6 cm³/mol. The van der Waals surface area contributed by atoms with E-state index in [0.29, 0.717) is 5.92 Å². The lowest BCUT2D eigenvalue weighted by Gasteiger charge is -2.32. The number of nitrogens with one attached hydrogen (secondary N) is 1. The molecule has 104 valence electrons. The Kier molecular flexibility index (Phi) is 4.47. The van der Waals surface area contributed by atoms with Crippen molar-refractivity contribution in [2.24, 2.45) is 5.92 Å². The first-order valence-corrected chi connectivity index (χ1v) is 8.21. The SMILES string of the molecule is Clc1ccc(C2OCCCC2CNC2CC2)cc1Br. The molecule has 4 heteroatoms. The number of hydrogen-bond acceptors (Lipinski definition) is 2. The van der Waals surface area contributed by atoms with E-state index >= 15 is 0 Å². The number of hydrogen-bond donors (Lipinski definition) is 1. The van der Waals surface area contributed by atoms with E-state index < -0.39 is 0 Å². The van der Waals surface area contributed by atoms with Crippen LogP contribution in [0.3, 0.4) is 0 Å². The van der Waals surface area contributed by atoms with Gasteiger partial charge in [-0.1, -0.05) is 17.7 Å². The van der Waals surface area contributed by atoms with E-state index in [0.717, 1.165) is 28.7 Å². The van der Waals surface area contributed by atoms with E-state index in [9.17, 15) is 0 Å². The van der Waals surface area contributed by atoms with Gasteiger partial charge in [0, 0.05) is 29.6 Å². The van der Waals surface area contributed by atoms with E-state index in [1.165, 1.54) is 31.2 Å². The normalized spacial score (nSPS) is 27.5. The van der Waals surface area contributed by atoms with Crippen molar-refractivity contribution in [3.8, 4) is 0 Å². The zero-order valence-electron chi connectivity index (χ0n) is 10.9. The Hall–Kier alpha value is -0.0900. The molecule has 2 aliphatic rings. The molecule has 1 aromatic rings. The lowest BCUT2D eigenvalue weighted by molar-refractivity contribution is -0.0278. The van der Waals surface area contributed by atoms with Gasteiger partial charge in [0.25, 0.3) is 0 Å². The van der Waals surface area contributed by atoms with Crippen LogP contribution >= 0.6 is 27.5 Å². The van der Waals surface area contributed by atoms with Gasteiger partial charge in [-0.15, -0.1) is 0 Å². The zero-order valence-corrected chi connectivity index (χ0v) is 13.2. The van der Waals surface area contributed by atoms with Gasteiger partial charge >= 0.3 is 0 Å². The molecule has 1 aliphatic heterocycles. The molecule has 1 aromatic carbocycles. The van der Waals surface area contributed by atoms with Crippen LogP contribution in [0.4, 0.5) is 0 Å². The average Bonchev–Trinajstić information content (AvgIpc) is 3.24. The minimum Gasteiger partial charge on any atom is -0.373 e. The summed E-state index contributed by atoms with van der Waals surface area (Å²) in [7, 11) is 0. The average molecular weight is 345 g/mol. The molecule has 1 saturated carbocycles. The van der Waals surface area contributed by atoms with Crippen molar-refractivity contribution in [3.05, 3.63) is 33.3 Å². The van der Waals surface area contributed by atoms with Crippen LogP contribution in [0.5, 0.6) is 0 Å². The van der Waals surface area contributed by atoms with Gasteiger partial charge in [-0.25, -0.2) is 0 Å². The predicted octanol–water partition coefficient (Wildman–Crippen LogP) is 4.32. The maximum atomic E-state index is 6.07. The Labute approximate surface area is 128 Å². The van der Waals surface area contributed by atoms with Crippen molar-refractivity contribution in [3.63, 3.8) is 0 Å². The Morgan fingerprint density at radius 1 is 1.32 bits per heavy atom. The molecule has 2 nitrogen and oxygen atoms in total. The highest BCUT2D eigenvalue weighted by atomic mass is 79.9. The summed E-state index contributed by atoms with van der Waals surface area (Å²) in [5.74, 6) is 0.572. The Bertz CT molecular complexity index is 450. The van der Waals surface area contributed by atoms with Crippen LogP contribution in [-0.4, -0.2) is 19.2 Å². The second-order valence-electron chi connectivity index (χ2n) is 5.55. The van der Waals surface area contributed by atoms with Crippen molar-refractivity contribution < 1.29 is 4.74 Å². The Morgan fingerprint density at radius 2 is 2.16 bits per heavy atom. The van der Waals surface area contributed by atoms with Crippen molar-refractivity contribution in [1.29, 1.82) is 0 Å². The van der Waals surface area contributed by atoms with Crippen LogP contribution < -0.4 is 5.32 Å². The van der Waals surface area contributed by atoms with Gasteiger partial charge in [-0.05, 0) is 59.3 Å². The Morgan fingerprint density at radius 3 is 2.89 bits per heavy atom. The molecule has 19 heavy (non-hydrogen) atoms. The molecule has 0 bridgehead atoms. The molecule has 0 amide bonds. The van der Waals surface area contributed by atoms with E-state index in [1.807, 2.05) is 6.07 Å². The molecular formula is C15H19BrClNO. The lowest BCUT2D eigenvalue weighted by atomic mass is 9.89. The van der Waals surface area contributed by atoms with E-state index in [2.05, 4.69) is 33.4 Å². The monoisotopic (exact) mass is 343 g/mol. The summed E-state index contributed by atoms with van der Waals surface area (Å²) in [5, 5.41) is 4.39. The molecule has 1 saturated heterocycles. The third-order valence-corrected chi connectivity index (χ3v) is 5.18. The standard InChI is InChI=1S/C15H19BrClNO/c16-13-8-10(3-6-14(13)17)15-11(2-1-7-19-15)9-18-12-4-5-12/h3,6,8,11-12,15,18H,1-2,4-5,7,9H2. The molecule has 1 heterocycles. The highest BCUT2D eigenvalue weighted by Gasteiger charge is 2.30. The van der Waals surface area contributed by atoms with E-state index in [1.54, 1.807) is 0 Å². The highest BCUT2D eigenvalue weighted by Crippen LogP contribution is 2.36. The third-order valence-electron chi connectivity index (χ3n) is 3.96. The van der Waals surface area contributed by atoms with Crippen molar-refractivity contribution >= 4 is 27.5 Å². The van der Waals surface area contributed by atoms with Gasteiger partial charge in [0.1, 0.15) is 0 Å². The van der Waals surface area contributed by atoms with Crippen LogP contribution in [-0.2, 0) is 4.74 Å². The van der Waals surface area contributed by atoms with Crippen LogP contribution in [0.25, 0.3) is 0 Å². The third kappa shape index (κ3) is 3.52. The minimum atomic E-state index is 0.202. The van der Waals surface area contributed by atoms with E-state index in [-0.39, 0.29) is 6.10 Å². The molecule has 2 unspecified atom stereocenters. The fraction of sp³-hybridized carbons (Fsp3) is 0.600. The second-order valence-corrected chi connectivity index (χ2v) is 6.81. The maximum absolute atomic E-state index is 6.07. The smallest absolute Gasteiger partial charge is 0.0865 e. The molecule has 2 atom stereocenters. The first-order chi connectivity index (χ1) is 9.24. The molecule has 1 N–H and O–H groups in total. The van der Waals surface area contributed by atoms with Gasteiger partial charge in [-0.3, -0.25) is 0 Å². The summed E-state index contributed by atoms with van der Waals surface area (Å²) >= 11 is 9.57. The van der Waals surface area contributed by atoms with Gasteiger partial charge in [0.2, 0.25) is 0 Å². The van der Waals surface area contributed by atoms with Crippen molar-refractivity contribution in [2.75, 3.05) is 13.2 Å². The first-order valence-electron chi connectivity index (χ1n) is 7.04. The fourth-order valence-electron chi connectivity index (χ4n) is 2.72. The van der Waals surface area contributed by atoms with Crippen LogP contribution in [0, 0.1) is 5.92 Å². The van der Waals surface area contributed by atoms with Gasteiger partial charge in [0.15, 0.2) is 0 Å². The maximum Gasteiger partial charge on any atom is 0.0865 e. The fourth-order valence-corrected chi connectivity index (χ4v) is 3.23. The van der Waals surface area contributed by atoms with Gasteiger partial charge < -0.3 is 10.1 Å². The summed E-state index contributed by atoms with van der Waals surface area (Å²) in [4.78, 5) is 0. The minimum absolute atomic E-state index is 0.202.